The minimum Gasteiger partial charge on any atom is -0.329 e. The van der Waals surface area contributed by atoms with E-state index in [4.69, 9.17) is 5.73 Å². The summed E-state index contributed by atoms with van der Waals surface area (Å²) < 4.78 is 13.2. The molecule has 0 amide bonds. The molecule has 0 saturated heterocycles. The Hall–Kier alpha value is -1.71. The van der Waals surface area contributed by atoms with Crippen molar-refractivity contribution in [2.75, 3.05) is 6.54 Å². The van der Waals surface area contributed by atoms with Gasteiger partial charge in [-0.2, -0.15) is 0 Å². The summed E-state index contributed by atoms with van der Waals surface area (Å²) in [5.74, 6) is -0.229. The number of benzene rings is 2. The Morgan fingerprint density at radius 1 is 1.06 bits per heavy atom. The molecule has 0 aliphatic heterocycles. The first kappa shape index (κ1) is 12.7. The van der Waals surface area contributed by atoms with Crippen molar-refractivity contribution in [3.63, 3.8) is 0 Å². The lowest BCUT2D eigenvalue weighted by molar-refractivity contribution is 0.536. The molecule has 3 heteroatoms. The first-order valence-electron chi connectivity index (χ1n) is 6.02. The van der Waals surface area contributed by atoms with Crippen LogP contribution in [0.5, 0.6) is 0 Å². The first-order chi connectivity index (χ1) is 8.79. The Kier molecular flexibility index (Phi) is 4.45. The number of hydrogen-bond donors (Lipinski definition) is 2. The standard InChI is InChI=1S/C15H17FN2/c16-14-8-4-7-13(9-14)15(10-17)18-11-12-5-2-1-3-6-12/h1-9,15,18H,10-11,17H2. The maximum Gasteiger partial charge on any atom is 0.123 e. The Morgan fingerprint density at radius 3 is 2.50 bits per heavy atom. The molecule has 3 N–H and O–H groups in total. The lowest BCUT2D eigenvalue weighted by atomic mass is 10.1. The van der Waals surface area contributed by atoms with Crippen molar-refractivity contribution in [2.45, 2.75) is 12.6 Å². The molecule has 2 aromatic rings. The van der Waals surface area contributed by atoms with Crippen molar-refractivity contribution in [1.82, 2.24) is 5.32 Å². The third kappa shape index (κ3) is 3.39. The highest BCUT2D eigenvalue weighted by Gasteiger charge is 2.09. The van der Waals surface area contributed by atoms with Gasteiger partial charge in [-0.25, -0.2) is 4.39 Å². The molecule has 0 radical (unpaired) electrons. The summed E-state index contributed by atoms with van der Waals surface area (Å²) in [6.45, 7) is 1.16. The van der Waals surface area contributed by atoms with Crippen LogP contribution in [-0.4, -0.2) is 6.54 Å². The van der Waals surface area contributed by atoms with E-state index in [2.05, 4.69) is 5.32 Å². The summed E-state index contributed by atoms with van der Waals surface area (Å²) in [5.41, 5.74) is 7.80. The van der Waals surface area contributed by atoms with Crippen molar-refractivity contribution in [3.05, 3.63) is 71.5 Å². The topological polar surface area (TPSA) is 38.0 Å². The zero-order valence-electron chi connectivity index (χ0n) is 10.1. The zero-order valence-corrected chi connectivity index (χ0v) is 10.1. The number of hydrogen-bond acceptors (Lipinski definition) is 2. The van der Waals surface area contributed by atoms with E-state index in [1.165, 1.54) is 17.7 Å². The molecule has 0 aliphatic rings. The Bertz CT molecular complexity index is 485. The van der Waals surface area contributed by atoms with Crippen LogP contribution < -0.4 is 11.1 Å². The SMILES string of the molecule is NCC(NCc1ccccc1)c1cccc(F)c1. The molecule has 2 rings (SSSR count). The van der Waals surface area contributed by atoms with Crippen molar-refractivity contribution in [3.8, 4) is 0 Å². The Morgan fingerprint density at radius 2 is 1.83 bits per heavy atom. The summed E-state index contributed by atoms with van der Waals surface area (Å²) >= 11 is 0. The molecule has 94 valence electrons. The monoisotopic (exact) mass is 244 g/mol. The van der Waals surface area contributed by atoms with Gasteiger partial charge >= 0.3 is 0 Å². The van der Waals surface area contributed by atoms with E-state index < -0.39 is 0 Å². The molecule has 0 bridgehead atoms. The summed E-state index contributed by atoms with van der Waals surface area (Å²) in [5, 5.41) is 3.34. The lowest BCUT2D eigenvalue weighted by Gasteiger charge is -2.17. The molecule has 0 fully saturated rings. The normalized spacial score (nSPS) is 12.3. The largest absolute Gasteiger partial charge is 0.329 e. The second kappa shape index (κ2) is 6.28. The van der Waals surface area contributed by atoms with E-state index in [1.54, 1.807) is 6.07 Å². The maximum absolute atomic E-state index is 13.2. The second-order valence-corrected chi connectivity index (χ2v) is 4.21. The van der Waals surface area contributed by atoms with Gasteiger partial charge in [-0.3, -0.25) is 0 Å². The summed E-state index contributed by atoms with van der Waals surface area (Å²) in [4.78, 5) is 0. The fourth-order valence-corrected chi connectivity index (χ4v) is 1.90. The van der Waals surface area contributed by atoms with Crippen LogP contribution in [0, 0.1) is 5.82 Å². The number of halogens is 1. The van der Waals surface area contributed by atoms with E-state index in [1.807, 2.05) is 36.4 Å². The fourth-order valence-electron chi connectivity index (χ4n) is 1.90. The highest BCUT2D eigenvalue weighted by molar-refractivity contribution is 5.21. The van der Waals surface area contributed by atoms with Crippen LogP contribution >= 0.6 is 0 Å². The Balaban J connectivity index is 2.02. The van der Waals surface area contributed by atoms with Gasteiger partial charge in [-0.15, -0.1) is 0 Å². The van der Waals surface area contributed by atoms with Gasteiger partial charge in [0.2, 0.25) is 0 Å². The molecule has 0 aromatic heterocycles. The molecule has 2 aromatic carbocycles. The third-order valence-electron chi connectivity index (χ3n) is 2.88. The third-order valence-corrected chi connectivity index (χ3v) is 2.88. The number of rotatable bonds is 5. The molecule has 0 heterocycles. The van der Waals surface area contributed by atoms with Gasteiger partial charge in [-0.1, -0.05) is 42.5 Å². The predicted molar refractivity (Wildman–Crippen MR) is 71.5 cm³/mol. The lowest BCUT2D eigenvalue weighted by Crippen LogP contribution is -2.27. The van der Waals surface area contributed by atoms with Gasteiger partial charge in [0.05, 0.1) is 0 Å². The van der Waals surface area contributed by atoms with Gasteiger partial charge in [0.15, 0.2) is 0 Å². The average Bonchev–Trinajstić information content (AvgIpc) is 2.41. The van der Waals surface area contributed by atoms with E-state index in [-0.39, 0.29) is 11.9 Å². The van der Waals surface area contributed by atoms with Crippen molar-refractivity contribution < 1.29 is 4.39 Å². The fraction of sp³-hybridized carbons (Fsp3) is 0.200. The van der Waals surface area contributed by atoms with Gasteiger partial charge in [0.1, 0.15) is 5.82 Å². The summed E-state index contributed by atoms with van der Waals surface area (Å²) in [6, 6.07) is 16.6. The molecule has 0 spiro atoms. The van der Waals surface area contributed by atoms with Crippen LogP contribution in [0.3, 0.4) is 0 Å². The number of nitrogens with two attached hydrogens (primary N) is 1. The predicted octanol–water partition coefficient (Wildman–Crippen LogP) is 2.62. The molecular weight excluding hydrogens is 227 g/mol. The minimum absolute atomic E-state index is 0.0269. The zero-order chi connectivity index (χ0) is 12.8. The van der Waals surface area contributed by atoms with Crippen molar-refractivity contribution in [2.24, 2.45) is 5.73 Å². The molecule has 18 heavy (non-hydrogen) atoms. The molecule has 0 saturated carbocycles. The summed E-state index contributed by atoms with van der Waals surface area (Å²) in [6.07, 6.45) is 0. The van der Waals surface area contributed by atoms with Crippen molar-refractivity contribution in [1.29, 1.82) is 0 Å². The van der Waals surface area contributed by atoms with Crippen LogP contribution in [0.15, 0.2) is 54.6 Å². The van der Waals surface area contributed by atoms with E-state index in [0.29, 0.717) is 6.54 Å². The van der Waals surface area contributed by atoms with Crippen LogP contribution in [0.2, 0.25) is 0 Å². The molecular formula is C15H17FN2. The van der Waals surface area contributed by atoms with Gasteiger partial charge < -0.3 is 11.1 Å². The van der Waals surface area contributed by atoms with E-state index >= 15 is 0 Å². The average molecular weight is 244 g/mol. The highest BCUT2D eigenvalue weighted by Crippen LogP contribution is 2.14. The van der Waals surface area contributed by atoms with Gasteiger partial charge in [0.25, 0.3) is 0 Å². The maximum atomic E-state index is 13.2. The molecule has 2 nitrogen and oxygen atoms in total. The minimum atomic E-state index is -0.229. The van der Waals surface area contributed by atoms with Crippen LogP contribution in [0.25, 0.3) is 0 Å². The first-order valence-corrected chi connectivity index (χ1v) is 6.02. The summed E-state index contributed by atoms with van der Waals surface area (Å²) in [7, 11) is 0. The Labute approximate surface area is 107 Å². The van der Waals surface area contributed by atoms with Gasteiger partial charge in [0, 0.05) is 19.1 Å². The van der Waals surface area contributed by atoms with Crippen LogP contribution in [0.4, 0.5) is 4.39 Å². The van der Waals surface area contributed by atoms with Gasteiger partial charge in [-0.05, 0) is 23.3 Å². The second-order valence-electron chi connectivity index (χ2n) is 4.21. The quantitative estimate of drug-likeness (QED) is 0.848. The highest BCUT2D eigenvalue weighted by atomic mass is 19.1. The van der Waals surface area contributed by atoms with Crippen LogP contribution in [0.1, 0.15) is 17.2 Å². The number of nitrogens with one attached hydrogen (secondary N) is 1. The molecule has 1 atom stereocenters. The molecule has 1 unspecified atom stereocenters. The van der Waals surface area contributed by atoms with E-state index in [9.17, 15) is 4.39 Å². The smallest absolute Gasteiger partial charge is 0.123 e. The molecule has 0 aliphatic carbocycles. The van der Waals surface area contributed by atoms with E-state index in [0.717, 1.165) is 12.1 Å². The van der Waals surface area contributed by atoms with Crippen molar-refractivity contribution >= 4 is 0 Å². The van der Waals surface area contributed by atoms with Crippen LogP contribution in [-0.2, 0) is 6.54 Å².